The molecule has 0 N–H and O–H groups in total. The molecule has 4 aromatic carbocycles. The van der Waals surface area contributed by atoms with E-state index in [1.54, 1.807) is 0 Å². The van der Waals surface area contributed by atoms with E-state index < -0.39 is 0 Å². The van der Waals surface area contributed by atoms with Crippen molar-refractivity contribution in [3.8, 4) is 22.5 Å². The third kappa shape index (κ3) is 7.50. The van der Waals surface area contributed by atoms with Gasteiger partial charge in [0.15, 0.2) is 0 Å². The van der Waals surface area contributed by atoms with Crippen molar-refractivity contribution in [3.05, 3.63) is 134 Å². The van der Waals surface area contributed by atoms with Crippen LogP contribution in [0.2, 0.25) is 0 Å². The van der Waals surface area contributed by atoms with Gasteiger partial charge in [-0.2, -0.15) is 0 Å². The van der Waals surface area contributed by atoms with Crippen molar-refractivity contribution in [2.75, 3.05) is 0 Å². The van der Waals surface area contributed by atoms with Crippen molar-refractivity contribution in [2.24, 2.45) is 0 Å². The van der Waals surface area contributed by atoms with Crippen LogP contribution >= 0.6 is 0 Å². The summed E-state index contributed by atoms with van der Waals surface area (Å²) in [7, 11) is 0. The standard InChI is InChI=1S/2C15H11N.C3H6O.Ir/c2*1-2-7-13(8-3-1)15-14-9-5-4-6-12(14)10-11-16-15;1-3(2)4;/h2*1-11H;1-2H3;. The minimum atomic E-state index is 0. The third-order valence-electron chi connectivity index (χ3n) is 5.44. The average molecular weight is 661 g/mol. The van der Waals surface area contributed by atoms with Gasteiger partial charge in [0, 0.05) is 54.4 Å². The third-order valence-corrected chi connectivity index (χ3v) is 5.44. The topological polar surface area (TPSA) is 42.9 Å². The molecule has 0 unspecified atom stereocenters. The SMILES string of the molecule is CC(C)=O.[Ir].c1ccc(-c2nccc3ccccc23)cc1.c1ccc(-c2nccc3ccccc23)cc1. The number of carbonyl (C=O) groups excluding carboxylic acids is 1. The van der Waals surface area contributed by atoms with Crippen LogP contribution in [0.3, 0.4) is 0 Å². The summed E-state index contributed by atoms with van der Waals surface area (Å²) in [4.78, 5) is 18.4. The first-order valence-corrected chi connectivity index (χ1v) is 11.9. The molecule has 0 aliphatic heterocycles. The molecule has 0 bridgehead atoms. The van der Waals surface area contributed by atoms with Crippen LogP contribution in [0.4, 0.5) is 0 Å². The Morgan fingerprint density at radius 3 is 1.19 bits per heavy atom. The Balaban J connectivity index is 0.000000176. The first-order chi connectivity index (χ1) is 17.6. The molecule has 0 saturated carbocycles. The summed E-state index contributed by atoms with van der Waals surface area (Å²) in [5.41, 5.74) is 4.44. The van der Waals surface area contributed by atoms with E-state index in [-0.39, 0.29) is 25.9 Å². The quantitative estimate of drug-likeness (QED) is 0.187. The van der Waals surface area contributed by atoms with Gasteiger partial charge in [0.05, 0.1) is 11.4 Å². The number of carbonyl (C=O) groups is 1. The van der Waals surface area contributed by atoms with Crippen molar-refractivity contribution in [1.29, 1.82) is 0 Å². The summed E-state index contributed by atoms with van der Waals surface area (Å²) < 4.78 is 0. The van der Waals surface area contributed by atoms with Gasteiger partial charge in [0.1, 0.15) is 5.78 Å². The van der Waals surface area contributed by atoms with Crippen molar-refractivity contribution in [1.82, 2.24) is 9.97 Å². The van der Waals surface area contributed by atoms with Gasteiger partial charge in [-0.25, -0.2) is 0 Å². The molecule has 0 aliphatic rings. The summed E-state index contributed by atoms with van der Waals surface area (Å²) in [6, 6.07) is 41.3. The van der Waals surface area contributed by atoms with Crippen LogP contribution in [0, 0.1) is 0 Å². The number of Topliss-reactive ketones (excluding diaryl/α,β-unsaturated/α-hetero) is 1. The van der Waals surface area contributed by atoms with Crippen LogP contribution in [-0.4, -0.2) is 15.8 Å². The molecule has 185 valence electrons. The van der Waals surface area contributed by atoms with Crippen LogP contribution in [0.1, 0.15) is 13.8 Å². The Morgan fingerprint density at radius 1 is 0.486 bits per heavy atom. The number of ketones is 1. The Morgan fingerprint density at radius 2 is 0.811 bits per heavy atom. The first-order valence-electron chi connectivity index (χ1n) is 11.9. The molecule has 37 heavy (non-hydrogen) atoms. The normalized spacial score (nSPS) is 9.78. The van der Waals surface area contributed by atoms with Crippen molar-refractivity contribution in [3.63, 3.8) is 0 Å². The molecule has 0 atom stereocenters. The van der Waals surface area contributed by atoms with Gasteiger partial charge in [0.25, 0.3) is 0 Å². The maximum Gasteiger partial charge on any atom is 0.126 e. The number of rotatable bonds is 2. The van der Waals surface area contributed by atoms with Gasteiger partial charge in [0.2, 0.25) is 0 Å². The second-order valence-corrected chi connectivity index (χ2v) is 8.40. The molecule has 0 saturated heterocycles. The molecule has 0 fully saturated rings. The average Bonchev–Trinajstić information content (AvgIpc) is 2.93. The van der Waals surface area contributed by atoms with Crippen molar-refractivity contribution >= 4 is 27.3 Å². The van der Waals surface area contributed by atoms with E-state index >= 15 is 0 Å². The summed E-state index contributed by atoms with van der Waals surface area (Å²) in [6.07, 6.45) is 3.73. The smallest absolute Gasteiger partial charge is 0.126 e. The Labute approximate surface area is 231 Å². The maximum absolute atomic E-state index is 9.44. The van der Waals surface area contributed by atoms with Crippen LogP contribution in [0.15, 0.2) is 134 Å². The Kier molecular flexibility index (Phi) is 10.4. The van der Waals surface area contributed by atoms with Gasteiger partial charge in [-0.15, -0.1) is 0 Å². The number of benzene rings is 4. The molecule has 4 heteroatoms. The van der Waals surface area contributed by atoms with E-state index in [9.17, 15) is 4.79 Å². The summed E-state index contributed by atoms with van der Waals surface area (Å²) in [5, 5.41) is 4.88. The zero-order chi connectivity index (χ0) is 25.2. The first kappa shape index (κ1) is 27.6. The Hall–Kier alpha value is -3.98. The molecule has 6 rings (SSSR count). The summed E-state index contributed by atoms with van der Waals surface area (Å²) in [6.45, 7) is 3.06. The van der Waals surface area contributed by atoms with Gasteiger partial charge in [-0.3, -0.25) is 9.97 Å². The number of hydrogen-bond donors (Lipinski definition) is 0. The number of aromatic nitrogens is 2. The number of hydrogen-bond acceptors (Lipinski definition) is 3. The minimum absolute atomic E-state index is 0. The van der Waals surface area contributed by atoms with Gasteiger partial charge in [-0.05, 0) is 36.8 Å². The summed E-state index contributed by atoms with van der Waals surface area (Å²) in [5.74, 6) is 0.167. The number of fused-ring (bicyclic) bond motifs is 2. The monoisotopic (exact) mass is 661 g/mol. The summed E-state index contributed by atoms with van der Waals surface area (Å²) >= 11 is 0. The molecular formula is C33H28IrN2O. The van der Waals surface area contributed by atoms with E-state index in [0.717, 1.165) is 11.4 Å². The van der Waals surface area contributed by atoms with Crippen LogP contribution in [-0.2, 0) is 24.9 Å². The predicted octanol–water partition coefficient (Wildman–Crippen LogP) is 8.40. The largest absolute Gasteiger partial charge is 0.300 e. The fourth-order valence-corrected chi connectivity index (χ4v) is 3.89. The zero-order valence-electron chi connectivity index (χ0n) is 20.8. The number of pyridine rings is 2. The van der Waals surface area contributed by atoms with E-state index in [4.69, 9.17) is 0 Å². The van der Waals surface area contributed by atoms with E-state index in [2.05, 4.69) is 82.8 Å². The molecular weight excluding hydrogens is 633 g/mol. The van der Waals surface area contributed by atoms with E-state index in [1.165, 1.54) is 46.5 Å². The molecule has 2 heterocycles. The second-order valence-electron chi connectivity index (χ2n) is 8.40. The molecule has 0 amide bonds. The van der Waals surface area contributed by atoms with Crippen LogP contribution in [0.5, 0.6) is 0 Å². The predicted molar refractivity (Wildman–Crippen MR) is 151 cm³/mol. The van der Waals surface area contributed by atoms with E-state index in [0.29, 0.717) is 0 Å². The molecule has 0 aliphatic carbocycles. The molecule has 2 aromatic heterocycles. The zero-order valence-corrected chi connectivity index (χ0v) is 23.2. The van der Waals surface area contributed by atoms with Crippen molar-refractivity contribution in [2.45, 2.75) is 13.8 Å². The van der Waals surface area contributed by atoms with E-state index in [1.807, 2.05) is 60.9 Å². The molecule has 6 aromatic rings. The fourth-order valence-electron chi connectivity index (χ4n) is 3.89. The van der Waals surface area contributed by atoms with Gasteiger partial charge in [-0.1, -0.05) is 109 Å². The van der Waals surface area contributed by atoms with Gasteiger partial charge >= 0.3 is 0 Å². The second kappa shape index (κ2) is 13.9. The maximum atomic E-state index is 9.44. The minimum Gasteiger partial charge on any atom is -0.300 e. The van der Waals surface area contributed by atoms with Gasteiger partial charge < -0.3 is 4.79 Å². The molecule has 0 spiro atoms. The Bertz CT molecular complexity index is 1440. The fraction of sp³-hybridized carbons (Fsp3) is 0.0606. The van der Waals surface area contributed by atoms with Crippen LogP contribution < -0.4 is 0 Å². The molecule has 1 radical (unpaired) electrons. The number of nitrogens with zero attached hydrogens (tertiary/aromatic N) is 2. The van der Waals surface area contributed by atoms with Crippen molar-refractivity contribution < 1.29 is 24.9 Å². The molecule has 3 nitrogen and oxygen atoms in total. The van der Waals surface area contributed by atoms with Crippen LogP contribution in [0.25, 0.3) is 44.1 Å².